The Kier molecular flexibility index (Phi) is 2.19. The molecule has 1 heterocycles. The number of nitrogens with zero attached hydrogens (tertiary/aromatic N) is 1. The summed E-state index contributed by atoms with van der Waals surface area (Å²) in [7, 11) is 0. The highest BCUT2D eigenvalue weighted by atomic mass is 14.6. The molecule has 0 fully saturated rings. The first kappa shape index (κ1) is 8.75. The Balaban J connectivity index is 2.48. The molecule has 2 rings (SSSR count). The van der Waals surface area contributed by atoms with E-state index in [2.05, 4.69) is 11.1 Å². The van der Waals surface area contributed by atoms with Gasteiger partial charge in [-0.25, -0.2) is 0 Å². The average Bonchev–Trinajstić information content (AvgIpc) is 2.23. The minimum absolute atomic E-state index is 0.825. The summed E-state index contributed by atoms with van der Waals surface area (Å²) in [5.74, 6) is 0. The smallest absolute Gasteiger partial charge is 0.0349 e. The zero-order chi connectivity index (χ0) is 9.97. The van der Waals surface area contributed by atoms with Gasteiger partial charge in [-0.1, -0.05) is 18.2 Å². The molecule has 70 valence electrons. The van der Waals surface area contributed by atoms with Gasteiger partial charge in [0.25, 0.3) is 0 Å². The predicted molar refractivity (Wildman–Crippen MR) is 58.8 cm³/mol. The Labute approximate surface area is 83.4 Å². The summed E-state index contributed by atoms with van der Waals surface area (Å²) in [6.45, 7) is 2.00. The van der Waals surface area contributed by atoms with Crippen molar-refractivity contribution < 1.29 is 0 Å². The van der Waals surface area contributed by atoms with E-state index in [0.717, 1.165) is 22.4 Å². The highest BCUT2D eigenvalue weighted by Crippen LogP contribution is 2.22. The Morgan fingerprint density at radius 3 is 2.64 bits per heavy atom. The van der Waals surface area contributed by atoms with Gasteiger partial charge in [-0.15, -0.1) is 0 Å². The van der Waals surface area contributed by atoms with E-state index < -0.39 is 0 Å². The second kappa shape index (κ2) is 3.50. The van der Waals surface area contributed by atoms with Gasteiger partial charge in [0.05, 0.1) is 0 Å². The van der Waals surface area contributed by atoms with Crippen LogP contribution in [0, 0.1) is 6.92 Å². The van der Waals surface area contributed by atoms with E-state index in [-0.39, 0.29) is 0 Å². The molecular weight excluding hydrogens is 172 g/mol. The molecule has 14 heavy (non-hydrogen) atoms. The lowest BCUT2D eigenvalue weighted by Gasteiger charge is -2.04. The number of hydrogen-bond acceptors (Lipinski definition) is 2. The molecule has 2 N–H and O–H groups in total. The molecular formula is C12H12N2. The van der Waals surface area contributed by atoms with Gasteiger partial charge in [0, 0.05) is 23.6 Å². The summed E-state index contributed by atoms with van der Waals surface area (Å²) in [4.78, 5) is 4.07. The quantitative estimate of drug-likeness (QED) is 0.692. The standard InChI is InChI=1S/C12H12N2/c1-9-4-5-10(7-12(9)13)11-3-2-6-14-8-11/h2-8H,13H2,1H3. The number of anilines is 1. The van der Waals surface area contributed by atoms with Crippen LogP contribution in [0.2, 0.25) is 0 Å². The number of nitrogen functional groups attached to an aromatic ring is 1. The van der Waals surface area contributed by atoms with Gasteiger partial charge in [0.15, 0.2) is 0 Å². The molecule has 0 unspecified atom stereocenters. The largest absolute Gasteiger partial charge is 0.398 e. The molecule has 2 aromatic rings. The van der Waals surface area contributed by atoms with Crippen LogP contribution < -0.4 is 5.73 Å². The zero-order valence-electron chi connectivity index (χ0n) is 8.07. The topological polar surface area (TPSA) is 38.9 Å². The van der Waals surface area contributed by atoms with Gasteiger partial charge < -0.3 is 5.73 Å². The van der Waals surface area contributed by atoms with E-state index in [4.69, 9.17) is 5.73 Å². The summed E-state index contributed by atoms with van der Waals surface area (Å²) < 4.78 is 0. The van der Waals surface area contributed by atoms with Crippen LogP contribution in [-0.4, -0.2) is 4.98 Å². The minimum atomic E-state index is 0.825. The van der Waals surface area contributed by atoms with Crippen LogP contribution in [0.3, 0.4) is 0 Å². The SMILES string of the molecule is Cc1ccc(-c2cccnc2)cc1N. The van der Waals surface area contributed by atoms with E-state index in [1.165, 1.54) is 0 Å². The van der Waals surface area contributed by atoms with E-state index >= 15 is 0 Å². The van der Waals surface area contributed by atoms with Crippen LogP contribution in [0.15, 0.2) is 42.7 Å². The molecule has 0 amide bonds. The number of pyridine rings is 1. The number of benzene rings is 1. The second-order valence-electron chi connectivity index (χ2n) is 3.31. The Morgan fingerprint density at radius 1 is 1.14 bits per heavy atom. The minimum Gasteiger partial charge on any atom is -0.398 e. The Hall–Kier alpha value is -1.83. The molecule has 0 aliphatic heterocycles. The highest BCUT2D eigenvalue weighted by Gasteiger charge is 1.99. The van der Waals surface area contributed by atoms with Gasteiger partial charge in [-0.3, -0.25) is 4.98 Å². The van der Waals surface area contributed by atoms with E-state index in [9.17, 15) is 0 Å². The highest BCUT2D eigenvalue weighted by molar-refractivity contribution is 5.68. The van der Waals surface area contributed by atoms with E-state index in [1.54, 1.807) is 6.20 Å². The number of hydrogen-bond donors (Lipinski definition) is 1. The Morgan fingerprint density at radius 2 is 2.00 bits per heavy atom. The predicted octanol–water partition coefficient (Wildman–Crippen LogP) is 2.64. The van der Waals surface area contributed by atoms with Crippen molar-refractivity contribution in [3.8, 4) is 11.1 Å². The normalized spacial score (nSPS) is 10.1. The summed E-state index contributed by atoms with van der Waals surface area (Å²) in [5.41, 5.74) is 9.98. The molecule has 0 bridgehead atoms. The molecule has 2 nitrogen and oxygen atoms in total. The second-order valence-corrected chi connectivity index (χ2v) is 3.31. The van der Waals surface area contributed by atoms with Crippen molar-refractivity contribution in [3.05, 3.63) is 48.3 Å². The molecule has 0 aliphatic rings. The average molecular weight is 184 g/mol. The molecule has 0 radical (unpaired) electrons. The Bertz CT molecular complexity index is 435. The molecule has 0 saturated carbocycles. The molecule has 1 aromatic heterocycles. The molecule has 0 spiro atoms. The summed E-state index contributed by atoms with van der Waals surface area (Å²) in [6.07, 6.45) is 3.60. The summed E-state index contributed by atoms with van der Waals surface area (Å²) >= 11 is 0. The fourth-order valence-electron chi connectivity index (χ4n) is 1.35. The third-order valence-electron chi connectivity index (χ3n) is 2.27. The fourth-order valence-corrected chi connectivity index (χ4v) is 1.35. The van der Waals surface area contributed by atoms with Crippen molar-refractivity contribution >= 4 is 5.69 Å². The van der Waals surface area contributed by atoms with Gasteiger partial charge in [-0.2, -0.15) is 0 Å². The summed E-state index contributed by atoms with van der Waals surface area (Å²) in [6, 6.07) is 10.0. The summed E-state index contributed by atoms with van der Waals surface area (Å²) in [5, 5.41) is 0. The maximum atomic E-state index is 5.84. The van der Waals surface area contributed by atoms with Crippen molar-refractivity contribution in [2.75, 3.05) is 5.73 Å². The number of aryl methyl sites for hydroxylation is 1. The van der Waals surface area contributed by atoms with Gasteiger partial charge in [-0.05, 0) is 30.2 Å². The molecule has 0 aliphatic carbocycles. The zero-order valence-corrected chi connectivity index (χ0v) is 8.07. The number of nitrogens with two attached hydrogens (primary N) is 1. The first-order valence-electron chi connectivity index (χ1n) is 4.54. The monoisotopic (exact) mass is 184 g/mol. The number of rotatable bonds is 1. The lowest BCUT2D eigenvalue weighted by molar-refractivity contribution is 1.33. The van der Waals surface area contributed by atoms with Crippen molar-refractivity contribution in [2.45, 2.75) is 6.92 Å². The van der Waals surface area contributed by atoms with Crippen LogP contribution >= 0.6 is 0 Å². The van der Waals surface area contributed by atoms with Crippen LogP contribution in [-0.2, 0) is 0 Å². The first-order chi connectivity index (χ1) is 6.77. The van der Waals surface area contributed by atoms with Crippen molar-refractivity contribution in [3.63, 3.8) is 0 Å². The third-order valence-corrected chi connectivity index (χ3v) is 2.27. The van der Waals surface area contributed by atoms with Crippen LogP contribution in [0.5, 0.6) is 0 Å². The van der Waals surface area contributed by atoms with Crippen LogP contribution in [0.4, 0.5) is 5.69 Å². The van der Waals surface area contributed by atoms with Crippen molar-refractivity contribution in [2.24, 2.45) is 0 Å². The van der Waals surface area contributed by atoms with E-state index in [0.29, 0.717) is 0 Å². The molecule has 0 atom stereocenters. The van der Waals surface area contributed by atoms with Crippen LogP contribution in [0.1, 0.15) is 5.56 Å². The van der Waals surface area contributed by atoms with Crippen molar-refractivity contribution in [1.82, 2.24) is 4.98 Å². The van der Waals surface area contributed by atoms with Crippen molar-refractivity contribution in [1.29, 1.82) is 0 Å². The number of aromatic nitrogens is 1. The first-order valence-corrected chi connectivity index (χ1v) is 4.54. The van der Waals surface area contributed by atoms with Gasteiger partial charge in [0.1, 0.15) is 0 Å². The molecule has 2 heteroatoms. The lowest BCUT2D eigenvalue weighted by Crippen LogP contribution is -1.89. The maximum absolute atomic E-state index is 5.84. The van der Waals surface area contributed by atoms with Gasteiger partial charge >= 0.3 is 0 Å². The van der Waals surface area contributed by atoms with Crippen LogP contribution in [0.25, 0.3) is 11.1 Å². The maximum Gasteiger partial charge on any atom is 0.0349 e. The third kappa shape index (κ3) is 1.59. The van der Waals surface area contributed by atoms with E-state index in [1.807, 2.05) is 37.4 Å². The molecule has 0 saturated heterocycles. The lowest BCUT2D eigenvalue weighted by atomic mass is 10.0. The molecule has 1 aromatic carbocycles. The van der Waals surface area contributed by atoms with Gasteiger partial charge in [0.2, 0.25) is 0 Å². The fraction of sp³-hybridized carbons (Fsp3) is 0.0833.